The fourth-order valence-electron chi connectivity index (χ4n) is 1.23. The van der Waals surface area contributed by atoms with Crippen molar-refractivity contribution in [2.24, 2.45) is 0 Å². The summed E-state index contributed by atoms with van der Waals surface area (Å²) in [4.78, 5) is 5.35. The number of hydrogen-bond acceptors (Lipinski definition) is 4. The molecule has 0 spiro atoms. The van der Waals surface area contributed by atoms with Gasteiger partial charge in [-0.05, 0) is 6.07 Å². The SMILES string of the molecule is Nc1nc(-c2ccccc2Br)sc1CS. The first-order valence-corrected chi connectivity index (χ1v) is 6.57. The first kappa shape index (κ1) is 11.0. The summed E-state index contributed by atoms with van der Waals surface area (Å²) >= 11 is 9.29. The second-order valence-electron chi connectivity index (χ2n) is 2.97. The Morgan fingerprint density at radius 1 is 1.40 bits per heavy atom. The Morgan fingerprint density at radius 3 is 2.73 bits per heavy atom. The number of nitrogen functional groups attached to an aromatic ring is 1. The molecular formula is C10H9BrN2S2. The van der Waals surface area contributed by atoms with Crippen LogP contribution in [0.1, 0.15) is 4.88 Å². The maximum atomic E-state index is 5.77. The molecular weight excluding hydrogens is 292 g/mol. The van der Waals surface area contributed by atoms with E-state index in [1.165, 1.54) is 0 Å². The summed E-state index contributed by atoms with van der Waals surface area (Å²) in [5.41, 5.74) is 6.85. The molecule has 1 aromatic heterocycles. The van der Waals surface area contributed by atoms with E-state index < -0.39 is 0 Å². The molecule has 5 heteroatoms. The molecule has 1 heterocycles. The van der Waals surface area contributed by atoms with Crippen molar-refractivity contribution < 1.29 is 0 Å². The monoisotopic (exact) mass is 300 g/mol. The van der Waals surface area contributed by atoms with Gasteiger partial charge in [0.25, 0.3) is 0 Å². The van der Waals surface area contributed by atoms with Crippen molar-refractivity contribution in [2.45, 2.75) is 5.75 Å². The zero-order valence-electron chi connectivity index (χ0n) is 7.77. The number of anilines is 1. The molecule has 0 saturated heterocycles. The first-order valence-electron chi connectivity index (χ1n) is 4.33. The molecule has 2 N–H and O–H groups in total. The fourth-order valence-corrected chi connectivity index (χ4v) is 3.07. The Labute approximate surface area is 106 Å². The van der Waals surface area contributed by atoms with Crippen LogP contribution in [0.4, 0.5) is 5.82 Å². The van der Waals surface area contributed by atoms with Gasteiger partial charge in [-0.1, -0.05) is 34.1 Å². The van der Waals surface area contributed by atoms with Crippen LogP contribution in [0.15, 0.2) is 28.7 Å². The highest BCUT2D eigenvalue weighted by Crippen LogP contribution is 2.34. The number of hydrogen-bond donors (Lipinski definition) is 2. The summed E-state index contributed by atoms with van der Waals surface area (Å²) in [6.07, 6.45) is 0. The highest BCUT2D eigenvalue weighted by Gasteiger charge is 2.10. The normalized spacial score (nSPS) is 10.5. The highest BCUT2D eigenvalue weighted by atomic mass is 79.9. The minimum absolute atomic E-state index is 0.584. The Kier molecular flexibility index (Phi) is 3.33. The van der Waals surface area contributed by atoms with Crippen molar-refractivity contribution in [3.63, 3.8) is 0 Å². The lowest BCUT2D eigenvalue weighted by Crippen LogP contribution is -1.87. The van der Waals surface area contributed by atoms with Crippen LogP contribution in [0.5, 0.6) is 0 Å². The molecule has 0 unspecified atom stereocenters. The van der Waals surface area contributed by atoms with Gasteiger partial charge in [0.15, 0.2) is 0 Å². The second kappa shape index (κ2) is 4.55. The zero-order chi connectivity index (χ0) is 10.8. The molecule has 0 atom stereocenters. The fraction of sp³-hybridized carbons (Fsp3) is 0.100. The summed E-state index contributed by atoms with van der Waals surface area (Å²) < 4.78 is 1.03. The lowest BCUT2D eigenvalue weighted by atomic mass is 10.2. The van der Waals surface area contributed by atoms with E-state index in [4.69, 9.17) is 5.73 Å². The first-order chi connectivity index (χ1) is 7.22. The van der Waals surface area contributed by atoms with Crippen molar-refractivity contribution >= 4 is 45.7 Å². The maximum absolute atomic E-state index is 5.77. The average Bonchev–Trinajstić information content (AvgIpc) is 2.60. The van der Waals surface area contributed by atoms with Gasteiger partial charge in [0, 0.05) is 15.8 Å². The molecule has 1 aromatic carbocycles. The van der Waals surface area contributed by atoms with Crippen molar-refractivity contribution in [3.8, 4) is 10.6 Å². The van der Waals surface area contributed by atoms with Gasteiger partial charge >= 0.3 is 0 Å². The smallest absolute Gasteiger partial charge is 0.139 e. The van der Waals surface area contributed by atoms with Gasteiger partial charge in [-0.25, -0.2) is 4.98 Å². The summed E-state index contributed by atoms with van der Waals surface area (Å²) in [6, 6.07) is 7.97. The van der Waals surface area contributed by atoms with Crippen LogP contribution < -0.4 is 5.73 Å². The van der Waals surface area contributed by atoms with Gasteiger partial charge in [-0.2, -0.15) is 12.6 Å². The third kappa shape index (κ3) is 2.19. The lowest BCUT2D eigenvalue weighted by molar-refractivity contribution is 1.37. The molecule has 2 rings (SSSR count). The molecule has 0 bridgehead atoms. The third-order valence-electron chi connectivity index (χ3n) is 1.98. The predicted octanol–water partition coefficient (Wildman–Crippen LogP) is 3.58. The topological polar surface area (TPSA) is 38.9 Å². The number of thiazole rings is 1. The van der Waals surface area contributed by atoms with E-state index in [0.717, 1.165) is 19.9 Å². The summed E-state index contributed by atoms with van der Waals surface area (Å²) in [5, 5.41) is 0.934. The third-order valence-corrected chi connectivity index (χ3v) is 4.30. The molecule has 0 fully saturated rings. The Hall–Kier alpha value is -0.520. The quantitative estimate of drug-likeness (QED) is 0.832. The largest absolute Gasteiger partial charge is 0.383 e. The Morgan fingerprint density at radius 2 is 2.13 bits per heavy atom. The van der Waals surface area contributed by atoms with Crippen molar-refractivity contribution in [2.75, 3.05) is 5.73 Å². The molecule has 0 saturated carbocycles. The van der Waals surface area contributed by atoms with E-state index in [-0.39, 0.29) is 0 Å². The molecule has 0 radical (unpaired) electrons. The molecule has 2 nitrogen and oxygen atoms in total. The zero-order valence-corrected chi connectivity index (χ0v) is 11.1. The van der Waals surface area contributed by atoms with Crippen LogP contribution >= 0.6 is 39.9 Å². The van der Waals surface area contributed by atoms with Crippen molar-refractivity contribution in [1.82, 2.24) is 4.98 Å². The van der Waals surface area contributed by atoms with Crippen LogP contribution in [0.2, 0.25) is 0 Å². The summed E-state index contributed by atoms with van der Waals surface area (Å²) in [7, 11) is 0. The standard InChI is InChI=1S/C10H9BrN2S2/c11-7-4-2-1-3-6(7)10-13-9(12)8(5-14)15-10/h1-4,14H,5,12H2. The highest BCUT2D eigenvalue weighted by molar-refractivity contribution is 9.10. The molecule has 0 aliphatic rings. The number of nitrogens with zero attached hydrogens (tertiary/aromatic N) is 1. The molecule has 0 aliphatic carbocycles. The minimum Gasteiger partial charge on any atom is -0.383 e. The van der Waals surface area contributed by atoms with Crippen LogP contribution in [-0.2, 0) is 5.75 Å². The Bertz CT molecular complexity index is 482. The van der Waals surface area contributed by atoms with Crippen LogP contribution in [0.25, 0.3) is 10.6 Å². The van der Waals surface area contributed by atoms with Gasteiger partial charge in [-0.15, -0.1) is 11.3 Å². The predicted molar refractivity (Wildman–Crippen MR) is 72.4 cm³/mol. The molecule has 15 heavy (non-hydrogen) atoms. The Balaban J connectivity index is 2.50. The number of rotatable bonds is 2. The summed E-state index contributed by atoms with van der Waals surface area (Å²) in [5.74, 6) is 1.22. The molecule has 0 aliphatic heterocycles. The van der Waals surface area contributed by atoms with Crippen molar-refractivity contribution in [1.29, 1.82) is 0 Å². The van der Waals surface area contributed by atoms with Gasteiger partial charge in [-0.3, -0.25) is 0 Å². The molecule has 78 valence electrons. The minimum atomic E-state index is 0.584. The second-order valence-corrected chi connectivity index (χ2v) is 5.22. The van der Waals surface area contributed by atoms with E-state index in [9.17, 15) is 0 Å². The van der Waals surface area contributed by atoms with Gasteiger partial charge in [0.1, 0.15) is 10.8 Å². The molecule has 2 aromatic rings. The van der Waals surface area contributed by atoms with Crippen LogP contribution in [0.3, 0.4) is 0 Å². The average molecular weight is 301 g/mol. The maximum Gasteiger partial charge on any atom is 0.139 e. The van der Waals surface area contributed by atoms with Gasteiger partial charge in [0.05, 0.1) is 4.88 Å². The number of aromatic nitrogens is 1. The van der Waals surface area contributed by atoms with Gasteiger partial charge in [0.2, 0.25) is 0 Å². The number of thiol groups is 1. The van der Waals surface area contributed by atoms with Gasteiger partial charge < -0.3 is 5.73 Å². The lowest BCUT2D eigenvalue weighted by Gasteiger charge is -1.98. The van der Waals surface area contributed by atoms with Crippen molar-refractivity contribution in [3.05, 3.63) is 33.6 Å². The van der Waals surface area contributed by atoms with E-state index in [0.29, 0.717) is 11.6 Å². The van der Waals surface area contributed by atoms with E-state index >= 15 is 0 Å². The number of halogens is 1. The van der Waals surface area contributed by atoms with Crippen LogP contribution in [-0.4, -0.2) is 4.98 Å². The number of benzene rings is 1. The summed E-state index contributed by atoms with van der Waals surface area (Å²) in [6.45, 7) is 0. The van der Waals surface area contributed by atoms with E-state index in [1.54, 1.807) is 11.3 Å². The number of nitrogens with two attached hydrogens (primary N) is 1. The molecule has 0 amide bonds. The van der Waals surface area contributed by atoms with E-state index in [1.807, 2.05) is 24.3 Å². The van der Waals surface area contributed by atoms with Crippen LogP contribution in [0, 0.1) is 0 Å². The van der Waals surface area contributed by atoms with E-state index in [2.05, 4.69) is 33.5 Å².